The molecule has 0 radical (unpaired) electrons. The van der Waals surface area contributed by atoms with Crippen LogP contribution in [-0.4, -0.2) is 34.1 Å². The number of aromatic hydroxyl groups is 1. The third kappa shape index (κ3) is 3.55. The number of hydrogen-bond donors (Lipinski definition) is 4. The van der Waals surface area contributed by atoms with Gasteiger partial charge in [-0.05, 0) is 60.5 Å². The molecule has 0 bridgehead atoms. The van der Waals surface area contributed by atoms with Crippen molar-refractivity contribution < 1.29 is 9.90 Å². The lowest BCUT2D eigenvalue weighted by atomic mass is 9.98. The smallest absolute Gasteiger partial charge is 0.269 e. The van der Waals surface area contributed by atoms with Gasteiger partial charge >= 0.3 is 0 Å². The molecule has 6 heteroatoms. The third-order valence-corrected chi connectivity index (χ3v) is 4.91. The number of nitrogens with zero attached hydrogens (tertiary/aromatic N) is 1. The van der Waals surface area contributed by atoms with E-state index in [1.807, 2.05) is 24.3 Å². The summed E-state index contributed by atoms with van der Waals surface area (Å²) >= 11 is 0. The molecule has 1 amide bonds. The highest BCUT2D eigenvalue weighted by atomic mass is 16.3. The third-order valence-electron chi connectivity index (χ3n) is 4.91. The number of carbonyl (C=O) groups excluding carboxylic acids is 1. The summed E-state index contributed by atoms with van der Waals surface area (Å²) in [5.74, 6) is 1.41. The number of hydrogen-bond acceptors (Lipinski definition) is 4. The van der Waals surface area contributed by atoms with E-state index in [1.165, 1.54) is 0 Å². The SMILES string of the molecule is O=C(NCc1ccc2cc(O)ccc2c1)c1cnc(C2CCNCC2)[nH]1. The van der Waals surface area contributed by atoms with Crippen molar-refractivity contribution in [1.82, 2.24) is 20.6 Å². The van der Waals surface area contributed by atoms with Crippen LogP contribution in [0.4, 0.5) is 0 Å². The Morgan fingerprint density at radius 1 is 1.15 bits per heavy atom. The molecule has 1 aromatic heterocycles. The number of phenols is 1. The number of nitrogens with one attached hydrogen (secondary N) is 3. The number of aromatic nitrogens is 2. The Bertz CT molecular complexity index is 928. The highest BCUT2D eigenvalue weighted by molar-refractivity contribution is 5.92. The van der Waals surface area contributed by atoms with E-state index < -0.39 is 0 Å². The minimum atomic E-state index is -0.150. The van der Waals surface area contributed by atoms with Crippen molar-refractivity contribution in [2.45, 2.75) is 25.3 Å². The van der Waals surface area contributed by atoms with Crippen molar-refractivity contribution >= 4 is 16.7 Å². The van der Waals surface area contributed by atoms with Gasteiger partial charge in [0.15, 0.2) is 0 Å². The van der Waals surface area contributed by atoms with E-state index in [-0.39, 0.29) is 11.7 Å². The van der Waals surface area contributed by atoms with Crippen molar-refractivity contribution in [3.8, 4) is 5.75 Å². The van der Waals surface area contributed by atoms with E-state index >= 15 is 0 Å². The number of carbonyl (C=O) groups is 1. The summed E-state index contributed by atoms with van der Waals surface area (Å²) in [4.78, 5) is 20.0. The first-order valence-electron chi connectivity index (χ1n) is 8.94. The Morgan fingerprint density at radius 2 is 1.92 bits per heavy atom. The summed E-state index contributed by atoms with van der Waals surface area (Å²) in [7, 11) is 0. The minimum absolute atomic E-state index is 0.150. The molecule has 3 aromatic rings. The average Bonchev–Trinajstić information content (AvgIpc) is 3.17. The normalized spacial score (nSPS) is 15.2. The number of aromatic amines is 1. The van der Waals surface area contributed by atoms with E-state index in [9.17, 15) is 9.90 Å². The summed E-state index contributed by atoms with van der Waals surface area (Å²) in [6, 6.07) is 11.2. The van der Waals surface area contributed by atoms with Crippen LogP contribution in [0, 0.1) is 0 Å². The fourth-order valence-electron chi connectivity index (χ4n) is 3.42. The fraction of sp³-hybridized carbons (Fsp3) is 0.300. The van der Waals surface area contributed by atoms with E-state index in [0.717, 1.165) is 48.1 Å². The first kappa shape index (κ1) is 16.6. The second-order valence-electron chi connectivity index (χ2n) is 6.75. The number of amides is 1. The Labute approximate surface area is 151 Å². The Balaban J connectivity index is 1.40. The van der Waals surface area contributed by atoms with Crippen LogP contribution in [0.15, 0.2) is 42.6 Å². The lowest BCUT2D eigenvalue weighted by Gasteiger charge is -2.20. The summed E-state index contributed by atoms with van der Waals surface area (Å²) in [5.41, 5.74) is 1.51. The van der Waals surface area contributed by atoms with Crippen LogP contribution < -0.4 is 10.6 Å². The highest BCUT2D eigenvalue weighted by Gasteiger charge is 2.19. The molecule has 1 saturated heterocycles. The maximum Gasteiger partial charge on any atom is 0.269 e. The second kappa shape index (κ2) is 7.17. The molecular formula is C20H22N4O2. The number of fused-ring (bicyclic) bond motifs is 1. The molecule has 26 heavy (non-hydrogen) atoms. The van der Waals surface area contributed by atoms with Crippen LogP contribution in [-0.2, 0) is 6.54 Å². The molecule has 0 spiro atoms. The monoisotopic (exact) mass is 350 g/mol. The molecule has 6 nitrogen and oxygen atoms in total. The number of benzene rings is 2. The van der Waals surface area contributed by atoms with Crippen LogP contribution >= 0.6 is 0 Å². The predicted octanol–water partition coefficient (Wildman–Crippen LogP) is 2.67. The molecule has 0 saturated carbocycles. The quantitative estimate of drug-likeness (QED) is 0.582. The topological polar surface area (TPSA) is 90.0 Å². The molecule has 1 aliphatic heterocycles. The molecule has 0 atom stereocenters. The number of piperidine rings is 1. The summed E-state index contributed by atoms with van der Waals surface area (Å²) in [6.07, 6.45) is 3.71. The van der Waals surface area contributed by atoms with Gasteiger partial charge in [0.05, 0.1) is 6.20 Å². The van der Waals surface area contributed by atoms with Gasteiger partial charge in [-0.3, -0.25) is 4.79 Å². The number of rotatable bonds is 4. The Kier molecular flexibility index (Phi) is 4.58. The maximum absolute atomic E-state index is 12.4. The van der Waals surface area contributed by atoms with Gasteiger partial charge in [-0.1, -0.05) is 18.2 Å². The van der Waals surface area contributed by atoms with Crippen LogP contribution in [0.25, 0.3) is 10.8 Å². The fourth-order valence-corrected chi connectivity index (χ4v) is 3.42. The van der Waals surface area contributed by atoms with E-state index in [2.05, 4.69) is 20.6 Å². The van der Waals surface area contributed by atoms with Gasteiger partial charge in [0.25, 0.3) is 5.91 Å². The molecule has 0 aliphatic carbocycles. The second-order valence-corrected chi connectivity index (χ2v) is 6.75. The van der Waals surface area contributed by atoms with Gasteiger partial charge in [-0.25, -0.2) is 4.98 Å². The zero-order chi connectivity index (χ0) is 17.9. The van der Waals surface area contributed by atoms with Gasteiger partial charge in [0, 0.05) is 12.5 Å². The molecule has 2 aromatic carbocycles. The van der Waals surface area contributed by atoms with E-state index in [1.54, 1.807) is 18.3 Å². The van der Waals surface area contributed by atoms with Gasteiger partial charge in [-0.15, -0.1) is 0 Å². The van der Waals surface area contributed by atoms with Crippen molar-refractivity contribution in [2.75, 3.05) is 13.1 Å². The van der Waals surface area contributed by atoms with Crippen LogP contribution in [0.2, 0.25) is 0 Å². The van der Waals surface area contributed by atoms with Gasteiger partial charge in [0.1, 0.15) is 17.3 Å². The zero-order valence-electron chi connectivity index (χ0n) is 14.5. The average molecular weight is 350 g/mol. The van der Waals surface area contributed by atoms with Gasteiger partial charge < -0.3 is 20.7 Å². The van der Waals surface area contributed by atoms with Crippen molar-refractivity contribution in [3.63, 3.8) is 0 Å². The summed E-state index contributed by atoms with van der Waals surface area (Å²) < 4.78 is 0. The van der Waals surface area contributed by atoms with Gasteiger partial charge in [-0.2, -0.15) is 0 Å². The van der Waals surface area contributed by atoms with Crippen LogP contribution in [0.5, 0.6) is 5.75 Å². The number of imidazole rings is 1. The first-order valence-corrected chi connectivity index (χ1v) is 8.94. The lowest BCUT2D eigenvalue weighted by Crippen LogP contribution is -2.27. The summed E-state index contributed by atoms with van der Waals surface area (Å²) in [6.45, 7) is 2.43. The number of H-pyrrole nitrogens is 1. The molecule has 1 aliphatic rings. The molecule has 134 valence electrons. The molecular weight excluding hydrogens is 328 g/mol. The molecule has 1 fully saturated rings. The maximum atomic E-state index is 12.4. The highest BCUT2D eigenvalue weighted by Crippen LogP contribution is 2.23. The molecule has 4 rings (SSSR count). The summed E-state index contributed by atoms with van der Waals surface area (Å²) in [5, 5.41) is 17.8. The van der Waals surface area contributed by atoms with E-state index in [0.29, 0.717) is 18.2 Å². The Morgan fingerprint density at radius 3 is 2.77 bits per heavy atom. The molecule has 0 unspecified atom stereocenters. The van der Waals surface area contributed by atoms with Crippen molar-refractivity contribution in [1.29, 1.82) is 0 Å². The largest absolute Gasteiger partial charge is 0.508 e. The zero-order valence-corrected chi connectivity index (χ0v) is 14.5. The van der Waals surface area contributed by atoms with E-state index in [4.69, 9.17) is 0 Å². The predicted molar refractivity (Wildman–Crippen MR) is 100 cm³/mol. The standard InChI is InChI=1S/C20H22N4O2/c25-17-4-3-15-9-13(1-2-16(15)10-17)11-23-20(26)18-12-22-19(24-18)14-5-7-21-8-6-14/h1-4,9-10,12,14,21,25H,5-8,11H2,(H,22,24)(H,23,26). The lowest BCUT2D eigenvalue weighted by molar-refractivity contribution is 0.0946. The molecule has 4 N–H and O–H groups in total. The minimum Gasteiger partial charge on any atom is -0.508 e. The van der Waals surface area contributed by atoms with Gasteiger partial charge in [0.2, 0.25) is 0 Å². The van der Waals surface area contributed by atoms with Crippen LogP contribution in [0.1, 0.15) is 40.6 Å². The van der Waals surface area contributed by atoms with Crippen LogP contribution in [0.3, 0.4) is 0 Å². The first-order chi connectivity index (χ1) is 12.7. The van der Waals surface area contributed by atoms with Crippen molar-refractivity contribution in [2.24, 2.45) is 0 Å². The number of phenolic OH excluding ortho intramolecular Hbond substituents is 1. The van der Waals surface area contributed by atoms with Crippen molar-refractivity contribution in [3.05, 3.63) is 59.7 Å². The molecule has 2 heterocycles. The Hall–Kier alpha value is -2.86.